The highest BCUT2D eigenvalue weighted by Crippen LogP contribution is 2.65. The van der Waals surface area contributed by atoms with Gasteiger partial charge in [-0.25, -0.2) is 9.18 Å². The van der Waals surface area contributed by atoms with Crippen LogP contribution in [-0.4, -0.2) is 47.7 Å². The van der Waals surface area contributed by atoms with Crippen molar-refractivity contribution in [1.29, 1.82) is 0 Å². The summed E-state index contributed by atoms with van der Waals surface area (Å²) >= 11 is 0. The summed E-state index contributed by atoms with van der Waals surface area (Å²) < 4.78 is 20.2. The molecule has 2 aliphatic heterocycles. The molecule has 1 spiro atoms. The van der Waals surface area contributed by atoms with Crippen molar-refractivity contribution in [3.8, 4) is 11.1 Å². The molecule has 0 bridgehead atoms. The third-order valence-electron chi connectivity index (χ3n) is 7.59. The maximum Gasteiger partial charge on any atom is 0.335 e. The average Bonchev–Trinajstić information content (AvgIpc) is 3.21. The molecule has 0 radical (unpaired) electrons. The van der Waals surface area contributed by atoms with Gasteiger partial charge in [0, 0.05) is 25.3 Å². The van der Waals surface area contributed by atoms with Gasteiger partial charge in [0.2, 0.25) is 0 Å². The van der Waals surface area contributed by atoms with Gasteiger partial charge in [-0.3, -0.25) is 4.79 Å². The van der Waals surface area contributed by atoms with Crippen molar-refractivity contribution in [3.05, 3.63) is 58.9 Å². The number of hydrogen-bond donors (Lipinski definition) is 1. The molecular formula is C26H28FNO4. The molecule has 5 rings (SSSR count). The van der Waals surface area contributed by atoms with Crippen molar-refractivity contribution in [3.63, 3.8) is 0 Å². The fourth-order valence-electron chi connectivity index (χ4n) is 5.52. The SMILES string of the molecule is Cc1cc(C(=O)O)cc(-c2ccc([C@@H]3CC34CCN(C(=O)[C@H]3CCCO3)CC4)cc2)c1F. The number of ether oxygens (including phenoxy) is 1. The Hall–Kier alpha value is -2.73. The second kappa shape index (κ2) is 8.00. The molecule has 2 aromatic carbocycles. The number of likely N-dealkylation sites (tertiary alicyclic amines) is 1. The van der Waals surface area contributed by atoms with Gasteiger partial charge in [0.05, 0.1) is 5.56 Å². The maximum atomic E-state index is 14.7. The number of rotatable bonds is 4. The lowest BCUT2D eigenvalue weighted by molar-refractivity contribution is -0.142. The van der Waals surface area contributed by atoms with Crippen LogP contribution in [-0.2, 0) is 9.53 Å². The molecule has 2 aromatic rings. The van der Waals surface area contributed by atoms with E-state index in [2.05, 4.69) is 0 Å². The van der Waals surface area contributed by atoms with E-state index >= 15 is 0 Å². The van der Waals surface area contributed by atoms with Crippen LogP contribution in [0.15, 0.2) is 36.4 Å². The van der Waals surface area contributed by atoms with Crippen LogP contribution in [0.25, 0.3) is 11.1 Å². The van der Waals surface area contributed by atoms with E-state index in [4.69, 9.17) is 4.74 Å². The highest BCUT2D eigenvalue weighted by atomic mass is 19.1. The normalized spacial score (nSPS) is 24.0. The Morgan fingerprint density at radius 1 is 1.16 bits per heavy atom. The monoisotopic (exact) mass is 437 g/mol. The zero-order valence-electron chi connectivity index (χ0n) is 18.3. The zero-order chi connectivity index (χ0) is 22.5. The first kappa shape index (κ1) is 21.1. The van der Waals surface area contributed by atoms with Gasteiger partial charge < -0.3 is 14.7 Å². The molecule has 3 fully saturated rings. The molecule has 168 valence electrons. The number of aryl methyl sites for hydroxylation is 1. The summed E-state index contributed by atoms with van der Waals surface area (Å²) in [5.41, 5.74) is 2.92. The first-order valence-corrected chi connectivity index (χ1v) is 11.4. The fraction of sp³-hybridized carbons (Fsp3) is 0.462. The molecule has 32 heavy (non-hydrogen) atoms. The first-order chi connectivity index (χ1) is 15.4. The fourth-order valence-corrected chi connectivity index (χ4v) is 5.52. The molecule has 5 nitrogen and oxygen atoms in total. The molecule has 2 atom stereocenters. The summed E-state index contributed by atoms with van der Waals surface area (Å²) in [4.78, 5) is 25.9. The molecule has 0 unspecified atom stereocenters. The van der Waals surface area contributed by atoms with Crippen LogP contribution < -0.4 is 0 Å². The van der Waals surface area contributed by atoms with Crippen molar-refractivity contribution >= 4 is 11.9 Å². The van der Waals surface area contributed by atoms with Gasteiger partial charge in [-0.1, -0.05) is 24.3 Å². The topological polar surface area (TPSA) is 66.8 Å². The Kier molecular flexibility index (Phi) is 5.28. The van der Waals surface area contributed by atoms with Crippen molar-refractivity contribution in [2.75, 3.05) is 19.7 Å². The van der Waals surface area contributed by atoms with Crippen LogP contribution >= 0.6 is 0 Å². The van der Waals surface area contributed by atoms with Crippen LogP contribution in [0.5, 0.6) is 0 Å². The molecule has 3 aliphatic rings. The molecule has 1 N–H and O–H groups in total. The standard InChI is InChI=1S/C26H28FNO4/c1-16-13-19(25(30)31)14-20(23(16)27)17-4-6-18(7-5-17)21-15-26(21)8-10-28(11-9-26)24(29)22-3-2-12-32-22/h4-7,13-14,21-22H,2-3,8-12,15H2,1H3,(H,30,31)/t21-,22+/m0/s1. The number of carbonyl (C=O) groups is 2. The smallest absolute Gasteiger partial charge is 0.335 e. The summed E-state index contributed by atoms with van der Waals surface area (Å²) in [5, 5.41) is 9.30. The summed E-state index contributed by atoms with van der Waals surface area (Å²) in [7, 11) is 0. The molecule has 6 heteroatoms. The van der Waals surface area contributed by atoms with Crippen molar-refractivity contribution in [2.45, 2.75) is 51.0 Å². The van der Waals surface area contributed by atoms with Crippen LogP contribution in [0.4, 0.5) is 4.39 Å². The predicted molar refractivity (Wildman–Crippen MR) is 118 cm³/mol. The molecule has 1 saturated carbocycles. The van der Waals surface area contributed by atoms with Crippen molar-refractivity contribution in [2.24, 2.45) is 5.41 Å². The number of amides is 1. The molecule has 1 aliphatic carbocycles. The van der Waals surface area contributed by atoms with Gasteiger partial charge in [-0.15, -0.1) is 0 Å². The Morgan fingerprint density at radius 3 is 2.50 bits per heavy atom. The zero-order valence-corrected chi connectivity index (χ0v) is 18.3. The summed E-state index contributed by atoms with van der Waals surface area (Å²) in [6.45, 7) is 3.86. The minimum atomic E-state index is -1.06. The number of aromatic carboxylic acids is 1. The number of piperidine rings is 1. The third-order valence-corrected chi connectivity index (χ3v) is 7.59. The van der Waals surface area contributed by atoms with Gasteiger partial charge in [0.1, 0.15) is 11.9 Å². The molecule has 2 saturated heterocycles. The van der Waals surface area contributed by atoms with Crippen LogP contribution in [0, 0.1) is 18.2 Å². The van der Waals surface area contributed by atoms with Gasteiger partial charge in [-0.2, -0.15) is 0 Å². The van der Waals surface area contributed by atoms with E-state index in [1.54, 1.807) is 6.92 Å². The minimum Gasteiger partial charge on any atom is -0.478 e. The Bertz CT molecular complexity index is 1050. The molecular weight excluding hydrogens is 409 g/mol. The van der Waals surface area contributed by atoms with E-state index in [1.807, 2.05) is 29.2 Å². The lowest BCUT2D eigenvalue weighted by Gasteiger charge is -2.34. The van der Waals surface area contributed by atoms with Crippen LogP contribution in [0.2, 0.25) is 0 Å². The van der Waals surface area contributed by atoms with Crippen molar-refractivity contribution in [1.82, 2.24) is 4.90 Å². The van der Waals surface area contributed by atoms with E-state index < -0.39 is 5.97 Å². The Labute approximate surface area is 187 Å². The highest BCUT2D eigenvalue weighted by molar-refractivity contribution is 5.90. The Balaban J connectivity index is 1.27. The van der Waals surface area contributed by atoms with E-state index in [1.165, 1.54) is 17.7 Å². The van der Waals surface area contributed by atoms with Gasteiger partial charge in [0.15, 0.2) is 0 Å². The number of hydrogen-bond acceptors (Lipinski definition) is 3. The molecule has 2 heterocycles. The van der Waals surface area contributed by atoms with E-state index in [-0.39, 0.29) is 28.8 Å². The van der Waals surface area contributed by atoms with E-state index in [9.17, 15) is 19.1 Å². The van der Waals surface area contributed by atoms with Gasteiger partial charge >= 0.3 is 5.97 Å². The lowest BCUT2D eigenvalue weighted by atomic mass is 9.88. The number of nitrogens with zero attached hydrogens (tertiary/aromatic N) is 1. The molecule has 0 aromatic heterocycles. The number of halogens is 1. The number of carboxylic acid groups (broad SMARTS) is 1. The summed E-state index contributed by atoms with van der Waals surface area (Å²) in [6.07, 6.45) is 4.70. The van der Waals surface area contributed by atoms with Crippen LogP contribution in [0.3, 0.4) is 0 Å². The number of carbonyl (C=O) groups excluding carboxylic acids is 1. The predicted octanol–water partition coefficient (Wildman–Crippen LogP) is 4.77. The van der Waals surface area contributed by atoms with Gasteiger partial charge in [-0.05, 0) is 79.2 Å². The van der Waals surface area contributed by atoms with Crippen molar-refractivity contribution < 1.29 is 23.8 Å². The minimum absolute atomic E-state index is 0.0911. The maximum absolute atomic E-state index is 14.7. The number of benzene rings is 2. The second-order valence-electron chi connectivity index (χ2n) is 9.53. The van der Waals surface area contributed by atoms with E-state index in [0.717, 1.165) is 45.2 Å². The summed E-state index contributed by atoms with van der Waals surface area (Å²) in [6, 6.07) is 10.6. The lowest BCUT2D eigenvalue weighted by Crippen LogP contribution is -2.44. The van der Waals surface area contributed by atoms with Crippen LogP contribution in [0.1, 0.15) is 59.5 Å². The van der Waals surface area contributed by atoms with E-state index in [0.29, 0.717) is 29.2 Å². The highest BCUT2D eigenvalue weighted by Gasteiger charge is 2.55. The average molecular weight is 438 g/mol. The third kappa shape index (κ3) is 3.71. The quantitative estimate of drug-likeness (QED) is 0.748. The van der Waals surface area contributed by atoms with Gasteiger partial charge in [0.25, 0.3) is 5.91 Å². The first-order valence-electron chi connectivity index (χ1n) is 11.4. The summed E-state index contributed by atoms with van der Waals surface area (Å²) in [5.74, 6) is -0.822. The largest absolute Gasteiger partial charge is 0.478 e. The number of carboxylic acids is 1. The molecule has 1 amide bonds. The Morgan fingerprint density at radius 2 is 1.88 bits per heavy atom. The second-order valence-corrected chi connectivity index (χ2v) is 9.53.